The highest BCUT2D eigenvalue weighted by molar-refractivity contribution is 5.71. The number of carbonyl (C=O) groups excluding carboxylic acids is 3. The summed E-state index contributed by atoms with van der Waals surface area (Å²) in [7, 11) is 0. The Morgan fingerprint density at radius 2 is 0.482 bits per heavy atom. The maximum absolute atomic E-state index is 12.9. The van der Waals surface area contributed by atoms with Crippen LogP contribution in [-0.4, -0.2) is 37.2 Å². The van der Waals surface area contributed by atoms with Crippen molar-refractivity contribution in [2.45, 2.75) is 361 Å². The van der Waals surface area contributed by atoms with Gasteiger partial charge in [0, 0.05) is 19.3 Å². The first-order valence-electron chi connectivity index (χ1n) is 35.7. The van der Waals surface area contributed by atoms with Crippen LogP contribution < -0.4 is 0 Å². The third kappa shape index (κ3) is 69.0. The van der Waals surface area contributed by atoms with E-state index in [1.165, 1.54) is 199 Å². The van der Waals surface area contributed by atoms with Gasteiger partial charge in [-0.1, -0.05) is 317 Å². The van der Waals surface area contributed by atoms with Crippen molar-refractivity contribution >= 4 is 17.9 Å². The van der Waals surface area contributed by atoms with E-state index in [0.29, 0.717) is 19.3 Å². The van der Waals surface area contributed by atoms with Crippen molar-refractivity contribution in [1.82, 2.24) is 0 Å². The molecular weight excluding hydrogens is 1020 g/mol. The molecule has 0 aliphatic carbocycles. The van der Waals surface area contributed by atoms with E-state index in [9.17, 15) is 14.4 Å². The van der Waals surface area contributed by atoms with Gasteiger partial charge < -0.3 is 14.2 Å². The number of carbonyl (C=O) groups is 3. The van der Waals surface area contributed by atoms with Crippen LogP contribution in [0.1, 0.15) is 355 Å². The predicted octanol–water partition coefficient (Wildman–Crippen LogP) is 24.8. The fraction of sp³-hybridized carbons (Fsp3) is 0.753. The zero-order valence-electron chi connectivity index (χ0n) is 54.9. The second-order valence-corrected chi connectivity index (χ2v) is 23.8. The van der Waals surface area contributed by atoms with Crippen LogP contribution in [0.5, 0.6) is 0 Å². The van der Waals surface area contributed by atoms with Crippen molar-refractivity contribution in [3.8, 4) is 0 Å². The van der Waals surface area contributed by atoms with Crippen LogP contribution in [0.25, 0.3) is 0 Å². The van der Waals surface area contributed by atoms with Gasteiger partial charge in [0.05, 0.1) is 0 Å². The fourth-order valence-corrected chi connectivity index (χ4v) is 10.2. The summed E-state index contributed by atoms with van der Waals surface area (Å²) >= 11 is 0. The third-order valence-electron chi connectivity index (χ3n) is 15.5. The number of allylic oxidation sites excluding steroid dienone is 16. The molecule has 0 spiro atoms. The Morgan fingerprint density at radius 1 is 0.253 bits per heavy atom. The summed E-state index contributed by atoms with van der Waals surface area (Å²) in [5.41, 5.74) is 0. The molecular formula is C77H134O6. The van der Waals surface area contributed by atoms with Gasteiger partial charge >= 0.3 is 17.9 Å². The summed E-state index contributed by atoms with van der Waals surface area (Å²) in [6.07, 6.45) is 96.0. The average molecular weight is 1160 g/mol. The molecule has 0 saturated carbocycles. The van der Waals surface area contributed by atoms with Gasteiger partial charge in [0.1, 0.15) is 13.2 Å². The van der Waals surface area contributed by atoms with Crippen LogP contribution in [0.3, 0.4) is 0 Å². The molecule has 1 atom stereocenters. The lowest BCUT2D eigenvalue weighted by atomic mass is 10.0. The molecule has 83 heavy (non-hydrogen) atoms. The molecule has 0 radical (unpaired) electrons. The minimum Gasteiger partial charge on any atom is -0.462 e. The first-order valence-corrected chi connectivity index (χ1v) is 35.7. The molecule has 0 aromatic heterocycles. The van der Waals surface area contributed by atoms with Crippen LogP contribution in [0.4, 0.5) is 0 Å². The van der Waals surface area contributed by atoms with Crippen LogP contribution in [0.2, 0.25) is 0 Å². The van der Waals surface area contributed by atoms with Gasteiger partial charge in [-0.25, -0.2) is 0 Å². The topological polar surface area (TPSA) is 78.9 Å². The van der Waals surface area contributed by atoms with Gasteiger partial charge in [0.25, 0.3) is 0 Å². The van der Waals surface area contributed by atoms with Gasteiger partial charge in [-0.15, -0.1) is 0 Å². The highest BCUT2D eigenvalue weighted by Crippen LogP contribution is 2.18. The molecule has 478 valence electrons. The van der Waals surface area contributed by atoms with Crippen molar-refractivity contribution in [3.05, 3.63) is 97.2 Å². The van der Waals surface area contributed by atoms with Crippen molar-refractivity contribution in [2.75, 3.05) is 13.2 Å². The normalized spacial score (nSPS) is 12.7. The van der Waals surface area contributed by atoms with Gasteiger partial charge in [-0.2, -0.15) is 0 Å². The molecule has 0 N–H and O–H groups in total. The van der Waals surface area contributed by atoms with E-state index in [-0.39, 0.29) is 31.1 Å². The molecule has 0 aromatic carbocycles. The molecule has 6 heteroatoms. The second kappa shape index (κ2) is 70.8. The first-order chi connectivity index (χ1) is 41.0. The Bertz CT molecular complexity index is 1610. The van der Waals surface area contributed by atoms with E-state index in [1.807, 2.05) is 0 Å². The lowest BCUT2D eigenvalue weighted by molar-refractivity contribution is -0.167. The summed E-state index contributed by atoms with van der Waals surface area (Å²) < 4.78 is 16.9. The highest BCUT2D eigenvalue weighted by atomic mass is 16.6. The van der Waals surface area contributed by atoms with E-state index in [0.717, 1.165) is 116 Å². The third-order valence-corrected chi connectivity index (χ3v) is 15.5. The summed E-state index contributed by atoms with van der Waals surface area (Å²) in [5.74, 6) is -0.889. The van der Waals surface area contributed by atoms with Gasteiger partial charge in [-0.05, 0) is 116 Å². The number of hydrogen-bond acceptors (Lipinski definition) is 6. The standard InChI is InChI=1S/C77H134O6/c1-4-7-10-13-16-19-22-24-26-28-30-31-32-33-34-35-36-37-38-39-40-41-42-43-44-45-47-48-50-52-55-58-61-64-67-70-76(79)82-73-74(72-81-75(78)69-66-63-60-57-54-21-18-15-12-9-6-3)83-77(80)71-68-65-62-59-56-53-51-49-46-29-27-25-23-20-17-14-11-8-5-2/h7,10,15-20,24-27,30-31,46,49,74H,4-6,8-9,11-14,21-23,28-29,32-45,47-48,50-73H2,1-3H3/b10-7-,18-15-,19-16-,20-17-,26-24-,27-25-,31-30-,49-46-. The molecule has 0 amide bonds. The van der Waals surface area contributed by atoms with E-state index >= 15 is 0 Å². The molecule has 0 heterocycles. The SMILES string of the molecule is CC/C=C\C/C=C\C/C=C\C/C=C\CCCCCCCCCCCCCCCCCCCCCCCCC(=O)OCC(COC(=O)CCCCCCC/C=C\CCCC)OC(=O)CCCCCCCC/C=C\C/C=C\C/C=C\CCCCC. The van der Waals surface area contributed by atoms with Crippen LogP contribution in [-0.2, 0) is 28.6 Å². The molecule has 0 bridgehead atoms. The second-order valence-electron chi connectivity index (χ2n) is 23.8. The number of unbranched alkanes of at least 4 members (excludes halogenated alkanes) is 38. The van der Waals surface area contributed by atoms with Gasteiger partial charge in [-0.3, -0.25) is 14.4 Å². The van der Waals surface area contributed by atoms with Crippen molar-refractivity contribution in [2.24, 2.45) is 0 Å². The number of ether oxygens (including phenoxy) is 3. The summed E-state index contributed by atoms with van der Waals surface area (Å²) in [6.45, 7) is 6.48. The van der Waals surface area contributed by atoms with Crippen molar-refractivity contribution in [3.63, 3.8) is 0 Å². The minimum atomic E-state index is -0.787. The Hall–Kier alpha value is -3.67. The van der Waals surface area contributed by atoms with Gasteiger partial charge in [0.2, 0.25) is 0 Å². The quantitative estimate of drug-likeness (QED) is 0.0261. The Kier molecular flexibility index (Phi) is 67.7. The van der Waals surface area contributed by atoms with Crippen molar-refractivity contribution < 1.29 is 28.6 Å². The summed E-state index contributed by atoms with van der Waals surface area (Å²) in [6, 6.07) is 0. The first kappa shape index (κ1) is 79.3. The van der Waals surface area contributed by atoms with Crippen molar-refractivity contribution in [1.29, 1.82) is 0 Å². The molecule has 0 saturated heterocycles. The monoisotopic (exact) mass is 1160 g/mol. The largest absolute Gasteiger partial charge is 0.462 e. The lowest BCUT2D eigenvalue weighted by Gasteiger charge is -2.18. The number of hydrogen-bond donors (Lipinski definition) is 0. The summed E-state index contributed by atoms with van der Waals surface area (Å²) in [4.78, 5) is 38.3. The number of rotatable bonds is 65. The minimum absolute atomic E-state index is 0.0815. The smallest absolute Gasteiger partial charge is 0.306 e. The Morgan fingerprint density at radius 3 is 0.783 bits per heavy atom. The zero-order chi connectivity index (χ0) is 59.9. The molecule has 0 fully saturated rings. The van der Waals surface area contributed by atoms with Crippen LogP contribution in [0, 0.1) is 0 Å². The van der Waals surface area contributed by atoms with Crippen LogP contribution >= 0.6 is 0 Å². The van der Waals surface area contributed by atoms with Crippen LogP contribution in [0.15, 0.2) is 97.2 Å². The Labute approximate surface area is 515 Å². The molecule has 6 nitrogen and oxygen atoms in total. The highest BCUT2D eigenvalue weighted by Gasteiger charge is 2.19. The molecule has 0 aliphatic rings. The zero-order valence-corrected chi connectivity index (χ0v) is 54.9. The van der Waals surface area contributed by atoms with E-state index in [4.69, 9.17) is 14.2 Å². The molecule has 1 unspecified atom stereocenters. The van der Waals surface area contributed by atoms with E-state index < -0.39 is 6.10 Å². The van der Waals surface area contributed by atoms with E-state index in [2.05, 4.69) is 118 Å². The molecule has 0 rings (SSSR count). The predicted molar refractivity (Wildman–Crippen MR) is 362 cm³/mol. The summed E-state index contributed by atoms with van der Waals surface area (Å²) in [5, 5.41) is 0. The molecule has 0 aliphatic heterocycles. The maximum atomic E-state index is 12.9. The van der Waals surface area contributed by atoms with E-state index in [1.54, 1.807) is 0 Å². The average Bonchev–Trinajstić information content (AvgIpc) is 3.48. The van der Waals surface area contributed by atoms with Gasteiger partial charge in [0.15, 0.2) is 6.10 Å². The fourth-order valence-electron chi connectivity index (χ4n) is 10.2. The number of esters is 3. The maximum Gasteiger partial charge on any atom is 0.306 e. The Balaban J connectivity index is 4.11. The molecule has 0 aromatic rings. The lowest BCUT2D eigenvalue weighted by Crippen LogP contribution is -2.30.